The zero-order valence-corrected chi connectivity index (χ0v) is 32.2. The van der Waals surface area contributed by atoms with E-state index < -0.39 is 40.3 Å². The summed E-state index contributed by atoms with van der Waals surface area (Å²) in [5, 5.41) is 29.0. The van der Waals surface area contributed by atoms with E-state index in [1.54, 1.807) is 42.5 Å². The Bertz CT molecular complexity index is 2450. The Labute approximate surface area is 337 Å². The van der Waals surface area contributed by atoms with Crippen LogP contribution < -0.4 is 32.4 Å². The van der Waals surface area contributed by atoms with Crippen LogP contribution in [0, 0.1) is 5.41 Å². The summed E-state index contributed by atoms with van der Waals surface area (Å²) in [6, 6.07) is 23.6. The van der Waals surface area contributed by atoms with E-state index in [1.807, 2.05) is 38.1 Å². The van der Waals surface area contributed by atoms with Gasteiger partial charge >= 0.3 is 18.8 Å². The smallest absolute Gasteiger partial charge is 0.483 e. The van der Waals surface area contributed by atoms with Crippen molar-refractivity contribution >= 4 is 62.2 Å². The number of carboxylic acid groups (broad SMARTS) is 2. The van der Waals surface area contributed by atoms with Crippen molar-refractivity contribution in [1.29, 1.82) is 5.41 Å². The van der Waals surface area contributed by atoms with E-state index in [9.17, 15) is 44.3 Å². The molecule has 1 aromatic heterocycles. The number of aromatic nitrogens is 2. The monoisotopic (exact) mass is 868 g/mol. The Morgan fingerprint density at radius 2 is 1.53 bits per heavy atom. The largest absolute Gasteiger partial charge is 0.490 e. The minimum Gasteiger partial charge on any atom is -0.483 e. The van der Waals surface area contributed by atoms with Gasteiger partial charge in [-0.25, -0.2) is 18.2 Å². The third-order valence-corrected chi connectivity index (χ3v) is 8.69. The van der Waals surface area contributed by atoms with Gasteiger partial charge in [-0.05, 0) is 60.5 Å². The molecule has 0 fully saturated rings. The van der Waals surface area contributed by atoms with Gasteiger partial charge in [0.15, 0.2) is 5.82 Å². The van der Waals surface area contributed by atoms with Crippen LogP contribution in [-0.4, -0.2) is 71.3 Å². The molecule has 0 unspecified atom stereocenters. The number of nitrogens with zero attached hydrogens (tertiary/aromatic N) is 2. The molecule has 5 rings (SSSR count). The first kappa shape index (κ1) is 49.0. The third kappa shape index (κ3) is 15.6. The number of fused-ring (bicyclic) bond motifs is 1. The number of hydrogen-bond donors (Lipinski definition) is 8. The van der Waals surface area contributed by atoms with Gasteiger partial charge in [0, 0.05) is 29.4 Å². The number of benzene rings is 4. The number of nitrogens with one attached hydrogen (secondary N) is 4. The first-order valence-corrected chi connectivity index (χ1v) is 18.3. The number of carbonyl (C=O) groups excluding carboxylic acids is 1. The van der Waals surface area contributed by atoms with E-state index in [0.29, 0.717) is 11.1 Å². The number of amides is 1. The molecule has 4 aromatic carbocycles. The predicted molar refractivity (Wildman–Crippen MR) is 211 cm³/mol. The molecule has 16 nitrogen and oxygen atoms in total. The predicted octanol–water partition coefficient (Wildman–Crippen LogP) is 5.38. The fourth-order valence-corrected chi connectivity index (χ4v) is 5.93. The Balaban J connectivity index is 0.000000767. The molecular weight excluding hydrogens is 831 g/mol. The summed E-state index contributed by atoms with van der Waals surface area (Å²) in [5.74, 6) is -3.20. The van der Waals surface area contributed by atoms with Gasteiger partial charge in [0.2, 0.25) is 5.91 Å². The first-order chi connectivity index (χ1) is 28.0. The molecule has 0 radical (unpaired) electrons. The summed E-state index contributed by atoms with van der Waals surface area (Å²) in [4.78, 5) is 48.3. The number of nitrogen functional groups attached to an aromatic ring is 2. The van der Waals surface area contributed by atoms with Crippen LogP contribution in [0.5, 0.6) is 0 Å². The Hall–Kier alpha value is -7.17. The van der Waals surface area contributed by atoms with Gasteiger partial charge in [0.05, 0.1) is 22.5 Å². The van der Waals surface area contributed by atoms with Crippen molar-refractivity contribution in [2.45, 2.75) is 50.7 Å². The quantitative estimate of drug-likeness (QED) is 0.0273. The fraction of sp³-hybridized carbons (Fsp3) is 0.189. The van der Waals surface area contributed by atoms with Crippen LogP contribution in [0.1, 0.15) is 25.0 Å². The highest BCUT2D eigenvalue weighted by Gasteiger charge is 2.38. The van der Waals surface area contributed by atoms with Gasteiger partial charge in [-0.3, -0.25) is 29.1 Å². The second-order valence-electron chi connectivity index (χ2n) is 12.2. The number of halogens is 6. The van der Waals surface area contributed by atoms with Crippen LogP contribution >= 0.6 is 0 Å². The van der Waals surface area contributed by atoms with E-state index in [-0.39, 0.29) is 59.2 Å². The molecule has 23 heteroatoms. The van der Waals surface area contributed by atoms with Crippen molar-refractivity contribution in [3.05, 3.63) is 113 Å². The highest BCUT2D eigenvalue weighted by molar-refractivity contribution is 7.92. The molecular formula is C37H38F6N8O8S. The molecule has 322 valence electrons. The number of hydrogen-bond acceptors (Lipinski definition) is 10. The van der Waals surface area contributed by atoms with Crippen molar-refractivity contribution in [2.24, 2.45) is 5.73 Å². The summed E-state index contributed by atoms with van der Waals surface area (Å²) in [7, 11) is -4.00. The Morgan fingerprint density at radius 3 is 2.07 bits per heavy atom. The number of aliphatic carboxylic acids is 1. The number of nitrogens with two attached hydrogens (primary N) is 2. The van der Waals surface area contributed by atoms with Crippen molar-refractivity contribution in [2.75, 3.05) is 15.8 Å². The molecule has 0 atom stereocenters. The van der Waals surface area contributed by atoms with Gasteiger partial charge in [-0.1, -0.05) is 54.6 Å². The normalized spacial score (nSPS) is 10.8. The minimum atomic E-state index is -5.08. The van der Waals surface area contributed by atoms with E-state index in [2.05, 4.69) is 20.3 Å². The summed E-state index contributed by atoms with van der Waals surface area (Å²) in [6.45, 7) is -0.366. The summed E-state index contributed by atoms with van der Waals surface area (Å²) >= 11 is 0. The molecule has 0 aliphatic carbocycles. The van der Waals surface area contributed by atoms with Gasteiger partial charge in [0.1, 0.15) is 12.4 Å². The van der Waals surface area contributed by atoms with Crippen molar-refractivity contribution in [1.82, 2.24) is 14.9 Å². The number of sulfonamides is 1. The summed E-state index contributed by atoms with van der Waals surface area (Å²) in [5.41, 5.74) is 13.6. The average Bonchev–Trinajstić information content (AvgIpc) is 3.15. The SMILES string of the molecule is CC(C)Nc1ncc(-c2cc(N)cc(NS(=O)(=O)c3ccc4ccccc4c3)c2)n(CC(=O)NCc2ccc(C(=N)N)cc2)c1=O.FC(F)F.O=C(O)C(F)(F)F.O=CO. The lowest BCUT2D eigenvalue weighted by Crippen LogP contribution is -2.35. The van der Waals surface area contributed by atoms with E-state index in [4.69, 9.17) is 36.7 Å². The van der Waals surface area contributed by atoms with Gasteiger partial charge in [-0.15, -0.1) is 0 Å². The topological polar surface area (TPSA) is 273 Å². The van der Waals surface area contributed by atoms with E-state index >= 15 is 0 Å². The number of anilines is 3. The molecule has 0 aliphatic rings. The van der Waals surface area contributed by atoms with Crippen LogP contribution in [0.3, 0.4) is 0 Å². The molecule has 1 amide bonds. The molecule has 5 aromatic rings. The van der Waals surface area contributed by atoms with Crippen LogP contribution in [-0.2, 0) is 37.5 Å². The number of amidine groups is 1. The lowest BCUT2D eigenvalue weighted by atomic mass is 10.1. The molecule has 0 saturated carbocycles. The van der Waals surface area contributed by atoms with Crippen molar-refractivity contribution < 1.29 is 59.4 Å². The van der Waals surface area contributed by atoms with E-state index in [1.165, 1.54) is 29.0 Å². The zero-order valence-electron chi connectivity index (χ0n) is 31.4. The molecule has 0 aliphatic heterocycles. The molecule has 0 bridgehead atoms. The second kappa shape index (κ2) is 22.1. The number of rotatable bonds is 11. The zero-order chi connectivity index (χ0) is 45.4. The fourth-order valence-electron chi connectivity index (χ4n) is 4.86. The van der Waals surface area contributed by atoms with Crippen LogP contribution in [0.4, 0.5) is 43.5 Å². The molecule has 10 N–H and O–H groups in total. The first-order valence-electron chi connectivity index (χ1n) is 16.8. The van der Waals surface area contributed by atoms with Crippen LogP contribution in [0.15, 0.2) is 101 Å². The maximum atomic E-state index is 13.6. The summed E-state index contributed by atoms with van der Waals surface area (Å²) < 4.78 is 91.3. The van der Waals surface area contributed by atoms with Crippen LogP contribution in [0.25, 0.3) is 22.0 Å². The third-order valence-electron chi connectivity index (χ3n) is 7.31. The van der Waals surface area contributed by atoms with Crippen molar-refractivity contribution in [3.8, 4) is 11.3 Å². The van der Waals surface area contributed by atoms with Crippen molar-refractivity contribution in [3.63, 3.8) is 0 Å². The lowest BCUT2D eigenvalue weighted by molar-refractivity contribution is -0.192. The highest BCUT2D eigenvalue weighted by Crippen LogP contribution is 2.28. The number of alkyl halides is 6. The standard InChI is InChI=1S/C33H34N8O4S.C2HF3O2.CHF3.CH2O2/c1-20(2)39-32-33(43)41(19-30(42)37-17-21-7-9-23(10-8-21)31(35)36)29(18-38-32)25-13-26(34)16-27(14-25)40-46(44,45)28-12-11-22-5-3-4-6-24(22)15-28;3-2(4,5)1(6)7;2-1(3)4;2-1-3/h3-16,18,20,40H,17,19,34H2,1-2H3,(H3,35,36)(H,37,42)(H,38,39);(H,6,7);1H;1H,(H,2,3). The number of carboxylic acids is 1. The molecule has 1 heterocycles. The minimum absolute atomic E-state index is 0.0582. The Morgan fingerprint density at radius 1 is 0.967 bits per heavy atom. The van der Waals surface area contributed by atoms with Crippen LogP contribution in [0.2, 0.25) is 0 Å². The van der Waals surface area contributed by atoms with Gasteiger partial charge in [-0.2, -0.15) is 26.3 Å². The maximum Gasteiger partial charge on any atom is 0.490 e. The van der Waals surface area contributed by atoms with Gasteiger partial charge < -0.3 is 32.3 Å². The second-order valence-corrected chi connectivity index (χ2v) is 13.9. The lowest BCUT2D eigenvalue weighted by Gasteiger charge is -2.17. The molecule has 0 saturated heterocycles. The number of carbonyl (C=O) groups is 3. The highest BCUT2D eigenvalue weighted by atomic mass is 32.2. The maximum absolute atomic E-state index is 13.6. The van der Waals surface area contributed by atoms with E-state index in [0.717, 1.165) is 16.3 Å². The molecule has 0 spiro atoms. The van der Waals surface area contributed by atoms with Gasteiger partial charge in [0.25, 0.3) is 22.1 Å². The Kier molecular flexibility index (Phi) is 18.0. The molecule has 60 heavy (non-hydrogen) atoms. The average molecular weight is 869 g/mol. The summed E-state index contributed by atoms with van der Waals surface area (Å²) in [6.07, 6.45) is -3.64.